The number of ether oxygens (including phenoxy) is 1. The molecule has 1 rings (SSSR count). The molecule has 0 aromatic carbocycles. The van der Waals surface area contributed by atoms with Gasteiger partial charge in [-0.15, -0.1) is 0 Å². The summed E-state index contributed by atoms with van der Waals surface area (Å²) >= 11 is 5.64. The van der Waals surface area contributed by atoms with Crippen molar-refractivity contribution in [3.8, 4) is 0 Å². The smallest absolute Gasteiger partial charge is 0.325 e. The maximum Gasteiger partial charge on any atom is 0.325 e. The first-order valence-corrected chi connectivity index (χ1v) is 4.85. The van der Waals surface area contributed by atoms with Gasteiger partial charge in [0.15, 0.2) is 0 Å². The standard InChI is InChI=1S/C9H12ClN3O2/c1-3-15-8(14)6-13(2)9-11-4-7(10)5-12-9/h4-5H,3,6H2,1-2H3. The summed E-state index contributed by atoms with van der Waals surface area (Å²) in [6, 6.07) is 0. The molecule has 0 spiro atoms. The van der Waals surface area contributed by atoms with Crippen LogP contribution in [0.1, 0.15) is 6.92 Å². The molecular weight excluding hydrogens is 218 g/mol. The minimum absolute atomic E-state index is 0.121. The van der Waals surface area contributed by atoms with E-state index in [2.05, 4.69) is 9.97 Å². The van der Waals surface area contributed by atoms with Gasteiger partial charge in [0.05, 0.1) is 24.0 Å². The van der Waals surface area contributed by atoms with E-state index in [-0.39, 0.29) is 12.5 Å². The quantitative estimate of drug-likeness (QED) is 0.725. The van der Waals surface area contributed by atoms with Gasteiger partial charge in [0, 0.05) is 7.05 Å². The molecule has 82 valence electrons. The summed E-state index contributed by atoms with van der Waals surface area (Å²) in [5.74, 6) is 0.131. The molecule has 0 aliphatic heterocycles. The third-order valence-corrected chi connectivity index (χ3v) is 1.81. The predicted octanol–water partition coefficient (Wildman–Crippen LogP) is 1.13. The SMILES string of the molecule is CCOC(=O)CN(C)c1ncc(Cl)cn1. The van der Waals surface area contributed by atoms with Gasteiger partial charge in [-0.25, -0.2) is 9.97 Å². The molecule has 6 heteroatoms. The van der Waals surface area contributed by atoms with Crippen molar-refractivity contribution in [1.82, 2.24) is 9.97 Å². The van der Waals surface area contributed by atoms with Crippen molar-refractivity contribution in [3.05, 3.63) is 17.4 Å². The van der Waals surface area contributed by atoms with Crippen LogP contribution in [0.4, 0.5) is 5.95 Å². The number of aromatic nitrogens is 2. The third-order valence-electron chi connectivity index (χ3n) is 1.62. The molecule has 0 amide bonds. The molecule has 0 unspecified atom stereocenters. The molecule has 0 aliphatic rings. The molecule has 15 heavy (non-hydrogen) atoms. The Morgan fingerprint density at radius 2 is 2.13 bits per heavy atom. The molecule has 0 aliphatic carbocycles. The van der Waals surface area contributed by atoms with Gasteiger partial charge in [-0.2, -0.15) is 0 Å². The van der Waals surface area contributed by atoms with Crippen molar-refractivity contribution >= 4 is 23.5 Å². The summed E-state index contributed by atoms with van der Waals surface area (Å²) in [6.07, 6.45) is 2.96. The second-order valence-corrected chi connectivity index (χ2v) is 3.30. The average Bonchev–Trinajstić information content (AvgIpc) is 2.18. The highest BCUT2D eigenvalue weighted by Gasteiger charge is 2.09. The van der Waals surface area contributed by atoms with Gasteiger partial charge >= 0.3 is 5.97 Å². The Bertz CT molecular complexity index is 329. The number of carbonyl (C=O) groups excluding carboxylic acids is 1. The Labute approximate surface area is 93.0 Å². The summed E-state index contributed by atoms with van der Waals surface area (Å²) in [6.45, 7) is 2.25. The number of nitrogens with zero attached hydrogens (tertiary/aromatic N) is 3. The van der Waals surface area contributed by atoms with E-state index in [1.165, 1.54) is 12.4 Å². The molecule has 0 N–H and O–H groups in total. The molecule has 0 saturated heterocycles. The van der Waals surface area contributed by atoms with Gasteiger partial charge < -0.3 is 9.64 Å². The van der Waals surface area contributed by atoms with Crippen LogP contribution < -0.4 is 4.90 Å². The summed E-state index contributed by atoms with van der Waals surface area (Å²) in [4.78, 5) is 20.7. The Morgan fingerprint density at radius 3 is 2.67 bits per heavy atom. The summed E-state index contributed by atoms with van der Waals surface area (Å²) in [5.41, 5.74) is 0. The minimum atomic E-state index is -0.307. The Kier molecular flexibility index (Phi) is 4.30. The van der Waals surface area contributed by atoms with E-state index in [0.717, 1.165) is 0 Å². The number of hydrogen-bond donors (Lipinski definition) is 0. The van der Waals surface area contributed by atoms with E-state index in [1.54, 1.807) is 18.9 Å². The molecule has 0 atom stereocenters. The normalized spacial score (nSPS) is 9.80. The van der Waals surface area contributed by atoms with Crippen LogP contribution >= 0.6 is 11.6 Å². The van der Waals surface area contributed by atoms with Crippen LogP contribution in [-0.2, 0) is 9.53 Å². The van der Waals surface area contributed by atoms with E-state index in [4.69, 9.17) is 16.3 Å². The zero-order valence-electron chi connectivity index (χ0n) is 8.61. The molecule has 0 fully saturated rings. The van der Waals surface area contributed by atoms with Crippen molar-refractivity contribution in [2.75, 3.05) is 25.1 Å². The van der Waals surface area contributed by atoms with Gasteiger partial charge in [0.1, 0.15) is 6.54 Å². The van der Waals surface area contributed by atoms with Crippen LogP contribution in [0, 0.1) is 0 Å². The Morgan fingerprint density at radius 1 is 1.53 bits per heavy atom. The fourth-order valence-corrected chi connectivity index (χ4v) is 1.07. The van der Waals surface area contributed by atoms with Gasteiger partial charge in [0.2, 0.25) is 5.95 Å². The molecule has 0 radical (unpaired) electrons. The number of carbonyl (C=O) groups is 1. The zero-order valence-corrected chi connectivity index (χ0v) is 9.36. The second kappa shape index (κ2) is 5.50. The van der Waals surface area contributed by atoms with E-state index < -0.39 is 0 Å². The fourth-order valence-electron chi connectivity index (χ4n) is 0.974. The highest BCUT2D eigenvalue weighted by atomic mass is 35.5. The Hall–Kier alpha value is -1.36. The lowest BCUT2D eigenvalue weighted by Crippen LogP contribution is -2.28. The lowest BCUT2D eigenvalue weighted by Gasteiger charge is -2.15. The topological polar surface area (TPSA) is 55.3 Å². The maximum atomic E-state index is 11.1. The summed E-state index contributed by atoms with van der Waals surface area (Å²) in [7, 11) is 1.71. The first-order chi connectivity index (χ1) is 7.13. The first-order valence-electron chi connectivity index (χ1n) is 4.47. The molecule has 5 nitrogen and oxygen atoms in total. The molecule has 1 aromatic heterocycles. The van der Waals surface area contributed by atoms with Crippen LogP contribution in [0.2, 0.25) is 5.02 Å². The van der Waals surface area contributed by atoms with Crippen molar-refractivity contribution in [2.45, 2.75) is 6.92 Å². The lowest BCUT2D eigenvalue weighted by atomic mass is 10.5. The van der Waals surface area contributed by atoms with Crippen molar-refractivity contribution in [1.29, 1.82) is 0 Å². The van der Waals surface area contributed by atoms with Crippen LogP contribution in [0.5, 0.6) is 0 Å². The average molecular weight is 230 g/mol. The van der Waals surface area contributed by atoms with Crippen molar-refractivity contribution in [3.63, 3.8) is 0 Å². The largest absolute Gasteiger partial charge is 0.465 e. The van der Waals surface area contributed by atoms with Gasteiger partial charge in [-0.1, -0.05) is 11.6 Å². The monoisotopic (exact) mass is 229 g/mol. The molecule has 1 aromatic rings. The zero-order chi connectivity index (χ0) is 11.3. The molecule has 0 saturated carbocycles. The highest BCUT2D eigenvalue weighted by Crippen LogP contribution is 2.08. The van der Waals surface area contributed by atoms with Crippen molar-refractivity contribution < 1.29 is 9.53 Å². The summed E-state index contributed by atoms with van der Waals surface area (Å²) in [5, 5.41) is 0.461. The number of likely N-dealkylation sites (N-methyl/N-ethyl adjacent to an activating group) is 1. The van der Waals surface area contributed by atoms with E-state index >= 15 is 0 Å². The number of rotatable bonds is 4. The number of halogens is 1. The number of esters is 1. The van der Waals surface area contributed by atoms with E-state index in [0.29, 0.717) is 17.6 Å². The van der Waals surface area contributed by atoms with E-state index in [1.807, 2.05) is 0 Å². The van der Waals surface area contributed by atoms with Crippen LogP contribution in [0.3, 0.4) is 0 Å². The van der Waals surface area contributed by atoms with Gasteiger partial charge in [-0.05, 0) is 6.92 Å². The summed E-state index contributed by atoms with van der Waals surface area (Å²) < 4.78 is 4.80. The number of hydrogen-bond acceptors (Lipinski definition) is 5. The maximum absolute atomic E-state index is 11.1. The van der Waals surface area contributed by atoms with Crippen LogP contribution in [0.15, 0.2) is 12.4 Å². The molecule has 1 heterocycles. The third kappa shape index (κ3) is 3.71. The van der Waals surface area contributed by atoms with Gasteiger partial charge in [0.25, 0.3) is 0 Å². The van der Waals surface area contributed by atoms with Gasteiger partial charge in [-0.3, -0.25) is 4.79 Å². The molecule has 0 bridgehead atoms. The fraction of sp³-hybridized carbons (Fsp3) is 0.444. The predicted molar refractivity (Wildman–Crippen MR) is 56.9 cm³/mol. The van der Waals surface area contributed by atoms with E-state index in [9.17, 15) is 4.79 Å². The van der Waals surface area contributed by atoms with Crippen LogP contribution in [0.25, 0.3) is 0 Å². The first kappa shape index (κ1) is 11.7. The second-order valence-electron chi connectivity index (χ2n) is 2.86. The lowest BCUT2D eigenvalue weighted by molar-refractivity contribution is -0.141. The highest BCUT2D eigenvalue weighted by molar-refractivity contribution is 6.30. The minimum Gasteiger partial charge on any atom is -0.465 e. The Balaban J connectivity index is 2.57. The van der Waals surface area contributed by atoms with Crippen molar-refractivity contribution in [2.24, 2.45) is 0 Å². The van der Waals surface area contributed by atoms with Crippen LogP contribution in [-0.4, -0.2) is 36.1 Å². The molecular formula is C9H12ClN3O2. The number of anilines is 1.